The number of carbonyl (C=O) groups is 3. The van der Waals surface area contributed by atoms with Crippen molar-refractivity contribution in [2.24, 2.45) is 5.92 Å². The Morgan fingerprint density at radius 2 is 1.69 bits per heavy atom. The van der Waals surface area contributed by atoms with Crippen molar-refractivity contribution in [3.05, 3.63) is 84.7 Å². The second kappa shape index (κ2) is 12.5. The van der Waals surface area contributed by atoms with Crippen LogP contribution in [0.5, 0.6) is 11.5 Å². The first-order valence-corrected chi connectivity index (χ1v) is 14.2. The Kier molecular flexibility index (Phi) is 8.56. The normalized spacial score (nSPS) is 14.0. The van der Waals surface area contributed by atoms with Crippen LogP contribution in [0, 0.1) is 5.92 Å². The molecule has 3 heterocycles. The molecule has 0 bridgehead atoms. The van der Waals surface area contributed by atoms with Gasteiger partial charge in [0.05, 0.1) is 11.9 Å². The van der Waals surface area contributed by atoms with E-state index in [1.165, 1.54) is 0 Å². The number of likely N-dealkylation sites (tertiary alicyclic amines) is 1. The maximum Gasteiger partial charge on any atom is 0.410 e. The molecule has 0 aliphatic carbocycles. The fraction of sp³-hybridized carbons (Fsp3) is 0.333. The third-order valence-corrected chi connectivity index (χ3v) is 7.10. The number of anilines is 1. The summed E-state index contributed by atoms with van der Waals surface area (Å²) in [5.74, 6) is 1.59. The first-order chi connectivity index (χ1) is 20.1. The number of piperidine rings is 1. The van der Waals surface area contributed by atoms with Crippen molar-refractivity contribution in [1.82, 2.24) is 14.5 Å². The summed E-state index contributed by atoms with van der Waals surface area (Å²) in [5, 5.41) is 3.75. The summed E-state index contributed by atoms with van der Waals surface area (Å²) in [6.07, 6.45) is 5.21. The van der Waals surface area contributed by atoms with Crippen LogP contribution in [-0.2, 0) is 16.0 Å². The molecule has 9 heteroatoms. The highest BCUT2D eigenvalue weighted by Gasteiger charge is 2.28. The van der Waals surface area contributed by atoms with Crippen LogP contribution in [0.1, 0.15) is 50.4 Å². The molecule has 4 aromatic rings. The van der Waals surface area contributed by atoms with Crippen LogP contribution in [-0.4, -0.2) is 51.0 Å². The number of aromatic nitrogens is 2. The maximum absolute atomic E-state index is 12.9. The monoisotopic (exact) mass is 568 g/mol. The topological polar surface area (TPSA) is 103 Å². The molecule has 0 atom stereocenters. The van der Waals surface area contributed by atoms with Crippen LogP contribution in [0.4, 0.5) is 10.6 Å². The lowest BCUT2D eigenvalue weighted by Crippen LogP contribution is -2.42. The lowest BCUT2D eigenvalue weighted by atomic mass is 9.93. The molecule has 218 valence electrons. The van der Waals surface area contributed by atoms with E-state index in [-0.39, 0.29) is 23.8 Å². The molecule has 0 radical (unpaired) electrons. The fourth-order valence-corrected chi connectivity index (χ4v) is 5.04. The molecular formula is C33H36N4O5. The van der Waals surface area contributed by atoms with Gasteiger partial charge in [-0.1, -0.05) is 30.3 Å². The second-order valence-corrected chi connectivity index (χ2v) is 11.6. The summed E-state index contributed by atoms with van der Waals surface area (Å²) in [6.45, 7) is 6.70. The number of pyridine rings is 1. The third-order valence-electron chi connectivity index (χ3n) is 7.10. The van der Waals surface area contributed by atoms with Crippen LogP contribution in [0.25, 0.3) is 10.9 Å². The first-order valence-electron chi connectivity index (χ1n) is 14.2. The van der Waals surface area contributed by atoms with E-state index >= 15 is 0 Å². The smallest absolute Gasteiger partial charge is 0.410 e. The fourth-order valence-electron chi connectivity index (χ4n) is 5.04. The highest BCUT2D eigenvalue weighted by Crippen LogP contribution is 2.28. The van der Waals surface area contributed by atoms with E-state index < -0.39 is 5.60 Å². The van der Waals surface area contributed by atoms with E-state index in [0.717, 1.165) is 29.3 Å². The van der Waals surface area contributed by atoms with Crippen LogP contribution in [0.3, 0.4) is 0 Å². The van der Waals surface area contributed by atoms with E-state index in [2.05, 4.69) is 10.3 Å². The summed E-state index contributed by atoms with van der Waals surface area (Å²) in [5.41, 5.74) is 1.25. The lowest BCUT2D eigenvalue weighted by molar-refractivity contribution is -0.117. The van der Waals surface area contributed by atoms with E-state index in [1.807, 2.05) is 75.4 Å². The van der Waals surface area contributed by atoms with Gasteiger partial charge in [0.25, 0.3) is 0 Å². The number of nitrogens with one attached hydrogen (secondary N) is 1. The average molecular weight is 569 g/mol. The van der Waals surface area contributed by atoms with Crippen molar-refractivity contribution in [3.63, 3.8) is 0 Å². The van der Waals surface area contributed by atoms with Crippen molar-refractivity contribution in [1.29, 1.82) is 0 Å². The van der Waals surface area contributed by atoms with Crippen molar-refractivity contribution in [2.45, 2.75) is 52.1 Å². The molecule has 1 saturated heterocycles. The Balaban J connectivity index is 1.14. The zero-order chi connectivity index (χ0) is 29.7. The van der Waals surface area contributed by atoms with Gasteiger partial charge in [-0.3, -0.25) is 14.2 Å². The van der Waals surface area contributed by atoms with Gasteiger partial charge in [0.1, 0.15) is 22.9 Å². The van der Waals surface area contributed by atoms with Crippen molar-refractivity contribution >= 4 is 34.6 Å². The number of hydrogen-bond donors (Lipinski definition) is 1. The first kappa shape index (κ1) is 28.9. The molecule has 2 amide bonds. The van der Waals surface area contributed by atoms with Crippen molar-refractivity contribution < 1.29 is 23.9 Å². The number of carbonyl (C=O) groups excluding carboxylic acids is 3. The summed E-state index contributed by atoms with van der Waals surface area (Å²) >= 11 is 0. The third kappa shape index (κ3) is 7.54. The van der Waals surface area contributed by atoms with Gasteiger partial charge in [0.2, 0.25) is 11.8 Å². The van der Waals surface area contributed by atoms with Crippen molar-refractivity contribution in [3.8, 4) is 11.5 Å². The molecule has 2 aromatic carbocycles. The van der Waals surface area contributed by atoms with Gasteiger partial charge >= 0.3 is 6.09 Å². The van der Waals surface area contributed by atoms with E-state index in [4.69, 9.17) is 9.47 Å². The molecule has 0 saturated carbocycles. The standard InChI is InChI=1S/C33H36N4O5/c1-33(2,3)42-32(40)36-16-12-24(13-17-36)19-30(38)35-29-22-27(11-15-34-29)41-26-9-10-28-25(21-26)14-18-37(28)31(39)20-23-7-5-4-6-8-23/h4-11,14-15,18,21-22,24H,12-13,16-17,19-20H2,1-3H3,(H,34,35,38). The highest BCUT2D eigenvalue weighted by molar-refractivity contribution is 5.94. The molecule has 1 aliphatic rings. The number of amides is 2. The van der Waals surface area contributed by atoms with Crippen LogP contribution < -0.4 is 10.1 Å². The Morgan fingerprint density at radius 3 is 2.43 bits per heavy atom. The zero-order valence-electron chi connectivity index (χ0n) is 24.2. The highest BCUT2D eigenvalue weighted by atomic mass is 16.6. The van der Waals surface area contributed by atoms with Gasteiger partial charge in [0, 0.05) is 43.4 Å². The minimum absolute atomic E-state index is 0.00650. The van der Waals surface area contributed by atoms with Gasteiger partial charge in [-0.15, -0.1) is 0 Å². The average Bonchev–Trinajstić information content (AvgIpc) is 3.37. The predicted octanol–water partition coefficient (Wildman–Crippen LogP) is 6.69. The van der Waals surface area contributed by atoms with Crippen LogP contribution in [0.15, 0.2) is 79.1 Å². The van der Waals surface area contributed by atoms with Gasteiger partial charge in [-0.2, -0.15) is 0 Å². The molecule has 0 spiro atoms. The number of ether oxygens (including phenoxy) is 2. The van der Waals surface area contributed by atoms with E-state index in [9.17, 15) is 14.4 Å². The second-order valence-electron chi connectivity index (χ2n) is 11.6. The largest absolute Gasteiger partial charge is 0.457 e. The Bertz CT molecular complexity index is 1570. The Hall–Kier alpha value is -4.66. The number of hydrogen-bond acceptors (Lipinski definition) is 6. The number of rotatable bonds is 7. The number of fused-ring (bicyclic) bond motifs is 1. The summed E-state index contributed by atoms with van der Waals surface area (Å²) in [7, 11) is 0. The number of benzene rings is 2. The summed E-state index contributed by atoms with van der Waals surface area (Å²) in [6, 6.07) is 20.5. The molecule has 9 nitrogen and oxygen atoms in total. The molecule has 42 heavy (non-hydrogen) atoms. The molecule has 1 fully saturated rings. The van der Waals surface area contributed by atoms with Gasteiger partial charge < -0.3 is 19.7 Å². The zero-order valence-corrected chi connectivity index (χ0v) is 24.2. The molecule has 0 unspecified atom stereocenters. The summed E-state index contributed by atoms with van der Waals surface area (Å²) in [4.78, 5) is 43.9. The molecule has 5 rings (SSSR count). The van der Waals surface area contributed by atoms with Crippen molar-refractivity contribution in [2.75, 3.05) is 18.4 Å². The van der Waals surface area contributed by atoms with Crippen LogP contribution >= 0.6 is 0 Å². The van der Waals surface area contributed by atoms with Gasteiger partial charge in [-0.05, 0) is 75.4 Å². The van der Waals surface area contributed by atoms with Crippen LogP contribution in [0.2, 0.25) is 0 Å². The Labute approximate surface area is 245 Å². The van der Waals surface area contributed by atoms with E-state index in [0.29, 0.717) is 43.2 Å². The SMILES string of the molecule is CC(C)(C)OC(=O)N1CCC(CC(=O)Nc2cc(Oc3ccc4c(ccn4C(=O)Cc4ccccc4)c3)ccn2)CC1. The minimum Gasteiger partial charge on any atom is -0.457 e. The lowest BCUT2D eigenvalue weighted by Gasteiger charge is -2.33. The van der Waals surface area contributed by atoms with Gasteiger partial charge in [0.15, 0.2) is 0 Å². The quantitative estimate of drug-likeness (QED) is 0.267. The Morgan fingerprint density at radius 1 is 0.952 bits per heavy atom. The maximum atomic E-state index is 12.9. The molecule has 1 aliphatic heterocycles. The predicted molar refractivity (Wildman–Crippen MR) is 161 cm³/mol. The molecule has 1 N–H and O–H groups in total. The number of nitrogens with zero attached hydrogens (tertiary/aromatic N) is 3. The molecule has 2 aromatic heterocycles. The van der Waals surface area contributed by atoms with Gasteiger partial charge in [-0.25, -0.2) is 9.78 Å². The minimum atomic E-state index is -0.527. The molecular weight excluding hydrogens is 532 g/mol. The van der Waals surface area contributed by atoms with E-state index in [1.54, 1.807) is 34.0 Å². The summed E-state index contributed by atoms with van der Waals surface area (Å²) < 4.78 is 13.2.